The van der Waals surface area contributed by atoms with Crippen LogP contribution in [0.2, 0.25) is 0 Å². The number of nitrogens with zero attached hydrogens (tertiary/aromatic N) is 3. The van der Waals surface area contributed by atoms with Crippen molar-refractivity contribution in [1.29, 1.82) is 0 Å². The van der Waals surface area contributed by atoms with Gasteiger partial charge in [-0.25, -0.2) is 4.79 Å². The minimum Gasteiger partial charge on any atom is -0.477 e. The van der Waals surface area contributed by atoms with E-state index in [2.05, 4.69) is 5.32 Å². The average Bonchev–Trinajstić information content (AvgIpc) is 2.51. The molecule has 0 aromatic heterocycles. The van der Waals surface area contributed by atoms with Crippen LogP contribution in [0.5, 0.6) is 0 Å². The van der Waals surface area contributed by atoms with Crippen LogP contribution in [0.3, 0.4) is 0 Å². The molecule has 1 unspecified atom stereocenters. The van der Waals surface area contributed by atoms with Gasteiger partial charge in [-0.15, -0.1) is 0 Å². The molecule has 0 amide bonds. The Morgan fingerprint density at radius 2 is 1.29 bits per heavy atom. The summed E-state index contributed by atoms with van der Waals surface area (Å²) in [6, 6.07) is 0. The fourth-order valence-electron chi connectivity index (χ4n) is 3.48. The van der Waals surface area contributed by atoms with Crippen LogP contribution in [0.15, 0.2) is 0 Å². The van der Waals surface area contributed by atoms with Crippen LogP contribution in [-0.2, 0) is 18.5 Å². The Labute approximate surface area is 179 Å². The number of quaternary nitrogens is 1. The van der Waals surface area contributed by atoms with Crippen LogP contribution in [0.25, 0.3) is 0 Å². The molecule has 0 spiro atoms. The summed E-state index contributed by atoms with van der Waals surface area (Å²) in [6.45, 7) is -0.0121. The summed E-state index contributed by atoms with van der Waals surface area (Å²) in [5.41, 5.74) is 0. The van der Waals surface area contributed by atoms with Crippen molar-refractivity contribution >= 4 is 28.8 Å². The Morgan fingerprint density at radius 3 is 1.74 bits per heavy atom. The molecule has 18 heteroatoms. The van der Waals surface area contributed by atoms with Crippen molar-refractivity contribution in [3.63, 3.8) is 0 Å². The highest BCUT2D eigenvalue weighted by molar-refractivity contribution is 7.52. The van der Waals surface area contributed by atoms with Gasteiger partial charge in [0.2, 0.25) is 0 Å². The van der Waals surface area contributed by atoms with Crippen LogP contribution in [0.4, 0.5) is 0 Å². The lowest BCUT2D eigenvalue weighted by Crippen LogP contribution is -2.58. The molecule has 0 aromatic rings. The quantitative estimate of drug-likeness (QED) is 0.124. The van der Waals surface area contributed by atoms with E-state index in [1.165, 1.54) is 9.80 Å². The van der Waals surface area contributed by atoms with Crippen molar-refractivity contribution in [2.45, 2.75) is 0 Å². The smallest absolute Gasteiger partial charge is 0.379 e. The van der Waals surface area contributed by atoms with Gasteiger partial charge in [-0.1, -0.05) is 0 Å². The third-order valence-corrected chi connectivity index (χ3v) is 7.22. The van der Waals surface area contributed by atoms with Gasteiger partial charge < -0.3 is 44.3 Å². The van der Waals surface area contributed by atoms with Crippen molar-refractivity contribution in [2.24, 2.45) is 0 Å². The number of aliphatic carboxylic acids is 1. The minimum atomic E-state index is -4.61. The topological polar surface area (TPSA) is 228 Å². The lowest BCUT2D eigenvalue weighted by molar-refractivity contribution is -0.909. The summed E-state index contributed by atoms with van der Waals surface area (Å²) >= 11 is 0. The van der Waals surface area contributed by atoms with E-state index in [0.29, 0.717) is 0 Å². The van der Waals surface area contributed by atoms with E-state index in [1.54, 1.807) is 0 Å². The molecule has 1 fully saturated rings. The van der Waals surface area contributed by atoms with E-state index in [4.69, 9.17) is 0 Å². The molecule has 1 rings (SSSR count). The van der Waals surface area contributed by atoms with Gasteiger partial charge in [0.15, 0.2) is 12.8 Å². The molecule has 184 valence electrons. The molecule has 8 N–H and O–H groups in total. The lowest BCUT2D eigenvalue weighted by atomic mass is 10.3. The third kappa shape index (κ3) is 13.8. The molecule has 0 saturated carbocycles. The zero-order valence-electron chi connectivity index (χ0n) is 16.9. The van der Waals surface area contributed by atoms with Gasteiger partial charge in [-0.2, -0.15) is 0 Å². The second-order valence-electron chi connectivity index (χ2n) is 7.75. The highest BCUT2D eigenvalue weighted by atomic mass is 31.2. The summed E-state index contributed by atoms with van der Waals surface area (Å²) in [5.74, 6) is -1.27. The maximum atomic E-state index is 11.7. The SMILES string of the molecule is O=C(O)C[N+]1(CP(=O)(O)O)CCNCCN(CP(=O)(O)O)CCN(CP(=O)(O)O)CC1. The Bertz CT molecular complexity index is 738. The molecule has 15 nitrogen and oxygen atoms in total. The fraction of sp³-hybridized carbons (Fsp3) is 0.923. The van der Waals surface area contributed by atoms with Crippen LogP contribution >= 0.6 is 22.8 Å². The van der Waals surface area contributed by atoms with Gasteiger partial charge in [0.25, 0.3) is 0 Å². The molecule has 0 radical (unpaired) electrons. The first kappa shape index (κ1) is 28.8. The lowest BCUT2D eigenvalue weighted by Gasteiger charge is -2.39. The van der Waals surface area contributed by atoms with E-state index in [-0.39, 0.29) is 52.4 Å². The Morgan fingerprint density at radius 1 is 0.774 bits per heavy atom. The second-order valence-corrected chi connectivity index (χ2v) is 12.6. The van der Waals surface area contributed by atoms with Crippen molar-refractivity contribution < 1.29 is 57.4 Å². The van der Waals surface area contributed by atoms with Gasteiger partial charge in [0.1, 0.15) is 12.6 Å². The van der Waals surface area contributed by atoms with Crippen LogP contribution in [0, 0.1) is 0 Å². The zero-order chi connectivity index (χ0) is 23.9. The van der Waals surface area contributed by atoms with Gasteiger partial charge in [-0.3, -0.25) is 23.5 Å². The Kier molecular flexibility index (Phi) is 10.9. The number of rotatable bonds is 8. The summed E-state index contributed by atoms with van der Waals surface area (Å²) in [7, 11) is -13.5. The number of carboxylic acid groups (broad SMARTS) is 1. The minimum absolute atomic E-state index is 0.00803. The Balaban J connectivity index is 3.13. The van der Waals surface area contributed by atoms with E-state index in [0.717, 1.165) is 0 Å². The van der Waals surface area contributed by atoms with Crippen molar-refractivity contribution in [3.8, 4) is 0 Å². The first-order valence-corrected chi connectivity index (χ1v) is 14.7. The maximum Gasteiger partial charge on any atom is 0.379 e. The molecule has 0 bridgehead atoms. The second kappa shape index (κ2) is 11.8. The van der Waals surface area contributed by atoms with Gasteiger partial charge in [0.05, 0.1) is 13.1 Å². The molecular weight excluding hydrogens is 481 g/mol. The van der Waals surface area contributed by atoms with E-state index in [1.807, 2.05) is 0 Å². The van der Waals surface area contributed by atoms with E-state index < -0.39 is 58.6 Å². The largest absolute Gasteiger partial charge is 0.477 e. The van der Waals surface area contributed by atoms with Crippen molar-refractivity contribution in [3.05, 3.63) is 0 Å². The van der Waals surface area contributed by atoms with Gasteiger partial charge >= 0.3 is 28.8 Å². The summed E-state index contributed by atoms with van der Waals surface area (Å²) in [6.07, 6.45) is -1.96. The van der Waals surface area contributed by atoms with Crippen LogP contribution in [-0.4, -0.2) is 132 Å². The number of carbonyl (C=O) groups is 1. The first-order valence-electron chi connectivity index (χ1n) is 9.35. The van der Waals surface area contributed by atoms with Crippen molar-refractivity contribution in [2.75, 3.05) is 77.8 Å². The number of hydrogen-bond acceptors (Lipinski definition) is 7. The molecule has 0 aliphatic carbocycles. The van der Waals surface area contributed by atoms with Crippen LogP contribution < -0.4 is 5.32 Å². The number of carboxylic acids is 1. The molecule has 1 saturated heterocycles. The predicted octanol–water partition coefficient (Wildman–Crippen LogP) is -2.50. The monoisotopic (exact) mass is 513 g/mol. The highest BCUT2D eigenvalue weighted by Crippen LogP contribution is 2.39. The van der Waals surface area contributed by atoms with Crippen LogP contribution in [0.1, 0.15) is 0 Å². The summed E-state index contributed by atoms with van der Waals surface area (Å²) < 4.78 is 34.1. The van der Waals surface area contributed by atoms with Gasteiger partial charge in [-0.05, 0) is 0 Å². The number of nitrogens with one attached hydrogen (secondary N) is 1. The maximum absolute atomic E-state index is 11.7. The average molecular weight is 513 g/mol. The Hall–Kier alpha value is -0.240. The molecule has 1 aliphatic rings. The third-order valence-electron chi connectivity index (χ3n) is 4.71. The molecule has 1 atom stereocenters. The standard InChI is InChI=1S/C13H31N4O11P3/c18-13(19)9-17(12-31(26,27)28)7-2-14-1-3-15(10-29(20,21)22)4-5-16(6-8-17)11-30(23,24)25/h14H,1-12H2,(H6-,18,19,20,21,22,23,24,25,26,27,28)/p+1. The first-order chi connectivity index (χ1) is 14.0. The highest BCUT2D eigenvalue weighted by Gasteiger charge is 2.38. The number of hydrogen-bond donors (Lipinski definition) is 8. The molecular formula is C13H32N4O11P3+. The molecule has 31 heavy (non-hydrogen) atoms. The predicted molar refractivity (Wildman–Crippen MR) is 109 cm³/mol. The molecule has 1 heterocycles. The van der Waals surface area contributed by atoms with E-state index >= 15 is 0 Å². The molecule has 1 aliphatic heterocycles. The zero-order valence-corrected chi connectivity index (χ0v) is 19.6. The summed E-state index contributed by atoms with van der Waals surface area (Å²) in [5, 5.41) is 12.3. The van der Waals surface area contributed by atoms with Gasteiger partial charge in [0, 0.05) is 39.3 Å². The van der Waals surface area contributed by atoms with Crippen molar-refractivity contribution in [1.82, 2.24) is 15.1 Å². The fourth-order valence-corrected chi connectivity index (χ4v) is 6.25. The molecule has 0 aromatic carbocycles. The normalized spacial score (nSPS) is 24.3. The summed E-state index contributed by atoms with van der Waals surface area (Å²) in [4.78, 5) is 70.4. The van der Waals surface area contributed by atoms with E-state index in [9.17, 15) is 53.0 Å².